The molecule has 0 nitrogen and oxygen atoms in total. The van der Waals surface area contributed by atoms with Gasteiger partial charge < -0.3 is 0 Å². The van der Waals surface area contributed by atoms with Gasteiger partial charge in [0, 0.05) is 0 Å². The lowest BCUT2D eigenvalue weighted by Crippen LogP contribution is -1.91. The SMILES string of the molecule is C/C=C\C(=C/C)c1cc(-c2ccccc2)cc(-c2cc(C)cc(-c3ccccc3-c3ccccc3)c2)c1. The molecule has 37 heavy (non-hydrogen) atoms. The molecule has 0 aliphatic rings. The van der Waals surface area contributed by atoms with E-state index < -0.39 is 0 Å². The molecular weight excluding hydrogens is 444 g/mol. The molecule has 5 aromatic carbocycles. The van der Waals surface area contributed by atoms with Crippen molar-refractivity contribution >= 4 is 5.57 Å². The van der Waals surface area contributed by atoms with E-state index >= 15 is 0 Å². The van der Waals surface area contributed by atoms with Crippen LogP contribution in [0.2, 0.25) is 0 Å². The van der Waals surface area contributed by atoms with Gasteiger partial charge >= 0.3 is 0 Å². The average Bonchev–Trinajstić information content (AvgIpc) is 2.96. The fourth-order valence-corrected chi connectivity index (χ4v) is 5.01. The number of benzene rings is 5. The Kier molecular flexibility index (Phi) is 7.28. The van der Waals surface area contributed by atoms with Crippen molar-refractivity contribution in [2.75, 3.05) is 0 Å². The van der Waals surface area contributed by atoms with Gasteiger partial charge in [-0.3, -0.25) is 0 Å². The van der Waals surface area contributed by atoms with Crippen LogP contribution in [0.4, 0.5) is 0 Å². The molecule has 0 unspecified atom stereocenters. The molecule has 0 N–H and O–H groups in total. The molecule has 0 saturated carbocycles. The zero-order valence-corrected chi connectivity index (χ0v) is 21.8. The van der Waals surface area contributed by atoms with Gasteiger partial charge in [-0.25, -0.2) is 0 Å². The highest BCUT2D eigenvalue weighted by molar-refractivity contribution is 5.88. The first-order valence-electron chi connectivity index (χ1n) is 12.9. The van der Waals surface area contributed by atoms with Crippen LogP contribution in [0.25, 0.3) is 50.1 Å². The van der Waals surface area contributed by atoms with Crippen LogP contribution in [0.5, 0.6) is 0 Å². The molecule has 0 amide bonds. The lowest BCUT2D eigenvalue weighted by atomic mass is 9.89. The number of hydrogen-bond donors (Lipinski definition) is 0. The van der Waals surface area contributed by atoms with Crippen LogP contribution in [-0.2, 0) is 0 Å². The predicted molar refractivity (Wildman–Crippen MR) is 161 cm³/mol. The van der Waals surface area contributed by atoms with Gasteiger partial charge in [0.25, 0.3) is 0 Å². The summed E-state index contributed by atoms with van der Waals surface area (Å²) < 4.78 is 0. The van der Waals surface area contributed by atoms with Crippen molar-refractivity contribution in [3.8, 4) is 44.5 Å². The van der Waals surface area contributed by atoms with Crippen molar-refractivity contribution in [2.24, 2.45) is 0 Å². The normalized spacial score (nSPS) is 11.7. The summed E-state index contributed by atoms with van der Waals surface area (Å²) in [6.45, 7) is 6.37. The topological polar surface area (TPSA) is 0 Å². The van der Waals surface area contributed by atoms with Gasteiger partial charge in [-0.05, 0) is 106 Å². The van der Waals surface area contributed by atoms with Gasteiger partial charge in [0.1, 0.15) is 0 Å². The van der Waals surface area contributed by atoms with Gasteiger partial charge in [-0.2, -0.15) is 0 Å². The zero-order chi connectivity index (χ0) is 25.6. The lowest BCUT2D eigenvalue weighted by molar-refractivity contribution is 1.45. The summed E-state index contributed by atoms with van der Waals surface area (Å²) in [4.78, 5) is 0. The maximum absolute atomic E-state index is 2.34. The first-order valence-corrected chi connectivity index (χ1v) is 12.9. The molecule has 0 aliphatic carbocycles. The van der Waals surface area contributed by atoms with Crippen LogP contribution in [0.15, 0.2) is 140 Å². The van der Waals surface area contributed by atoms with Crippen molar-refractivity contribution in [1.82, 2.24) is 0 Å². The van der Waals surface area contributed by atoms with Crippen LogP contribution in [0.3, 0.4) is 0 Å². The van der Waals surface area contributed by atoms with Crippen LogP contribution >= 0.6 is 0 Å². The number of rotatable bonds is 6. The van der Waals surface area contributed by atoms with Crippen molar-refractivity contribution in [2.45, 2.75) is 20.8 Å². The smallest absolute Gasteiger partial charge is 0.0105 e. The second kappa shape index (κ2) is 11.1. The van der Waals surface area contributed by atoms with E-state index in [1.165, 1.54) is 61.2 Å². The molecular formula is C37H32. The predicted octanol–water partition coefficient (Wildman–Crippen LogP) is 10.6. The molecule has 0 bridgehead atoms. The van der Waals surface area contributed by atoms with Crippen molar-refractivity contribution in [3.05, 3.63) is 151 Å². The summed E-state index contributed by atoms with van der Waals surface area (Å²) >= 11 is 0. The van der Waals surface area contributed by atoms with Crippen molar-refractivity contribution in [1.29, 1.82) is 0 Å². The first-order chi connectivity index (χ1) is 18.2. The third-order valence-corrected chi connectivity index (χ3v) is 6.76. The standard InChI is InChI=1S/C37H32/c1-4-14-28(5-2)32-23-33(29-15-8-6-9-16-29)25-34(24-32)31-21-27(3)22-35(26-31)37-20-13-12-19-36(37)30-17-10-7-11-18-30/h4-26H,1-3H3/b14-4-,28-5+. The summed E-state index contributed by atoms with van der Waals surface area (Å²) in [5.74, 6) is 0. The second-order valence-electron chi connectivity index (χ2n) is 9.41. The molecule has 0 heteroatoms. The van der Waals surface area contributed by atoms with E-state index in [9.17, 15) is 0 Å². The highest BCUT2D eigenvalue weighted by atomic mass is 14.2. The van der Waals surface area contributed by atoms with Crippen LogP contribution in [-0.4, -0.2) is 0 Å². The monoisotopic (exact) mass is 476 g/mol. The van der Waals surface area contributed by atoms with Crippen molar-refractivity contribution in [3.63, 3.8) is 0 Å². The van der Waals surface area contributed by atoms with Gasteiger partial charge in [0.15, 0.2) is 0 Å². The number of allylic oxidation sites excluding steroid dienone is 4. The quantitative estimate of drug-likeness (QED) is 0.214. The van der Waals surface area contributed by atoms with E-state index in [2.05, 4.69) is 160 Å². The molecule has 0 radical (unpaired) electrons. The fourth-order valence-electron chi connectivity index (χ4n) is 5.01. The molecule has 0 aliphatic heterocycles. The van der Waals surface area contributed by atoms with E-state index in [1.54, 1.807) is 0 Å². The Hall–Kier alpha value is -4.42. The Morgan fingerprint density at radius 2 is 0.973 bits per heavy atom. The molecule has 5 aromatic rings. The van der Waals surface area contributed by atoms with E-state index in [0.717, 1.165) is 0 Å². The average molecular weight is 477 g/mol. The van der Waals surface area contributed by atoms with Crippen LogP contribution < -0.4 is 0 Å². The molecule has 0 heterocycles. The van der Waals surface area contributed by atoms with Crippen molar-refractivity contribution < 1.29 is 0 Å². The number of aryl methyl sites for hydroxylation is 1. The highest BCUT2D eigenvalue weighted by Crippen LogP contribution is 2.37. The van der Waals surface area contributed by atoms with E-state index in [1.807, 2.05) is 0 Å². The third kappa shape index (κ3) is 5.39. The largest absolute Gasteiger partial charge is 0.0871 e. The minimum atomic E-state index is 1.22. The second-order valence-corrected chi connectivity index (χ2v) is 9.41. The Balaban J connectivity index is 1.69. The van der Waals surface area contributed by atoms with Gasteiger partial charge in [-0.1, -0.05) is 115 Å². The van der Waals surface area contributed by atoms with Gasteiger partial charge in [-0.15, -0.1) is 0 Å². The highest BCUT2D eigenvalue weighted by Gasteiger charge is 2.12. The third-order valence-electron chi connectivity index (χ3n) is 6.76. The molecule has 0 saturated heterocycles. The lowest BCUT2D eigenvalue weighted by Gasteiger charge is -2.15. The maximum atomic E-state index is 2.34. The van der Waals surface area contributed by atoms with E-state index in [0.29, 0.717) is 0 Å². The Labute approximate surface area is 221 Å². The van der Waals surface area contributed by atoms with Crippen LogP contribution in [0.1, 0.15) is 25.0 Å². The molecule has 0 atom stereocenters. The molecule has 0 fully saturated rings. The summed E-state index contributed by atoms with van der Waals surface area (Å²) in [6, 6.07) is 43.9. The summed E-state index contributed by atoms with van der Waals surface area (Å²) in [7, 11) is 0. The number of hydrogen-bond acceptors (Lipinski definition) is 0. The Morgan fingerprint density at radius 1 is 0.486 bits per heavy atom. The summed E-state index contributed by atoms with van der Waals surface area (Å²) in [5, 5.41) is 0. The van der Waals surface area contributed by atoms with E-state index in [4.69, 9.17) is 0 Å². The summed E-state index contributed by atoms with van der Waals surface area (Å²) in [6.07, 6.45) is 6.48. The minimum absolute atomic E-state index is 1.22. The molecule has 5 rings (SSSR count). The first kappa shape index (κ1) is 24.3. The van der Waals surface area contributed by atoms with Gasteiger partial charge in [0.2, 0.25) is 0 Å². The molecule has 180 valence electrons. The minimum Gasteiger partial charge on any atom is -0.0871 e. The maximum Gasteiger partial charge on any atom is -0.0105 e. The summed E-state index contributed by atoms with van der Waals surface area (Å²) in [5.41, 5.74) is 13.6. The molecule has 0 aromatic heterocycles. The van der Waals surface area contributed by atoms with Crippen LogP contribution in [0, 0.1) is 6.92 Å². The van der Waals surface area contributed by atoms with E-state index in [-0.39, 0.29) is 0 Å². The fraction of sp³-hybridized carbons (Fsp3) is 0.0811. The Bertz CT molecular complexity index is 1570. The van der Waals surface area contributed by atoms with Gasteiger partial charge in [0.05, 0.1) is 0 Å². The zero-order valence-electron chi connectivity index (χ0n) is 21.8. The molecule has 0 spiro atoms. The Morgan fingerprint density at radius 3 is 1.59 bits per heavy atom.